The molecule has 0 bridgehead atoms. The van der Waals surface area contributed by atoms with E-state index in [1.807, 2.05) is 58.1 Å². The Kier molecular flexibility index (Phi) is 12.4. The van der Waals surface area contributed by atoms with E-state index < -0.39 is 60.0 Å². The molecule has 4 aromatic carbocycles. The van der Waals surface area contributed by atoms with Crippen molar-refractivity contribution in [2.75, 3.05) is 23.7 Å². The van der Waals surface area contributed by atoms with Crippen molar-refractivity contribution in [3.8, 4) is 22.8 Å². The molecule has 20 heteroatoms. The zero-order chi connectivity index (χ0) is 45.4. The van der Waals surface area contributed by atoms with Crippen molar-refractivity contribution in [2.24, 2.45) is 14.1 Å². The van der Waals surface area contributed by atoms with Crippen LogP contribution < -0.4 is 21.3 Å². The molecule has 0 unspecified atom stereocenters. The number of hydrogen-bond donors (Lipinski definition) is 4. The molecule has 2 aromatic heterocycles. The molecule has 0 saturated carbocycles. The molecule has 326 valence electrons. The summed E-state index contributed by atoms with van der Waals surface area (Å²) in [5.74, 6) is -4.83. The lowest BCUT2D eigenvalue weighted by Gasteiger charge is -2.20. The van der Waals surface area contributed by atoms with Crippen LogP contribution in [-0.2, 0) is 20.5 Å². The van der Waals surface area contributed by atoms with Crippen LogP contribution in [0.3, 0.4) is 0 Å². The molecule has 6 aromatic rings. The highest BCUT2D eigenvalue weighted by atomic mass is 19.4. The first-order valence-electron chi connectivity index (χ1n) is 18.8. The summed E-state index contributed by atoms with van der Waals surface area (Å²) in [5.41, 5.74) is 7.47. The van der Waals surface area contributed by atoms with Gasteiger partial charge in [0.05, 0.1) is 11.1 Å². The maximum absolute atomic E-state index is 15.3. The summed E-state index contributed by atoms with van der Waals surface area (Å²) in [6, 6.07) is 13.6. The second-order valence-electron chi connectivity index (χ2n) is 14.6. The van der Waals surface area contributed by atoms with Gasteiger partial charge in [-0.2, -0.15) is 36.3 Å². The van der Waals surface area contributed by atoms with Crippen molar-refractivity contribution >= 4 is 35.1 Å². The number of nitrogens with zero attached hydrogens (tertiary/aromatic N) is 6. The van der Waals surface area contributed by atoms with Gasteiger partial charge in [-0.15, -0.1) is 10.2 Å². The standard InChI is InChI=1S/C42H40F8N10O2/c1-20-8-15-31(53-39-55-35(57-59(39)6)25-9-11-26(12-10-25)37(61)51-18-41(45,46)47)30(21(20)2)16-27-17-32(24(5)22(3)23(27)4)54-40-56-36(58-60(40)7)28-13-14-29(34(44)33(28)43)38(62)52-19-42(48,49)50/h8-15,17H,16,18-19H2,1-7H3,(H,51,61)(H,52,62)(H,53,55,57)(H,54,56,58). The van der Waals surface area contributed by atoms with E-state index in [-0.39, 0.29) is 17.3 Å². The molecule has 0 spiro atoms. The fourth-order valence-corrected chi connectivity index (χ4v) is 6.53. The highest BCUT2D eigenvalue weighted by Crippen LogP contribution is 2.34. The van der Waals surface area contributed by atoms with E-state index in [4.69, 9.17) is 0 Å². The summed E-state index contributed by atoms with van der Waals surface area (Å²) in [5, 5.41) is 18.7. The molecule has 6 rings (SSSR count). The second-order valence-corrected chi connectivity index (χ2v) is 14.6. The van der Waals surface area contributed by atoms with E-state index in [9.17, 15) is 40.3 Å². The molecule has 62 heavy (non-hydrogen) atoms. The highest BCUT2D eigenvalue weighted by Gasteiger charge is 2.30. The minimum atomic E-state index is -4.75. The molecule has 0 saturated heterocycles. The van der Waals surface area contributed by atoms with Gasteiger partial charge in [-0.25, -0.2) is 18.1 Å². The average Bonchev–Trinajstić information content (AvgIpc) is 3.77. The zero-order valence-electron chi connectivity index (χ0n) is 34.3. The number of hydrogen-bond acceptors (Lipinski definition) is 8. The summed E-state index contributed by atoms with van der Waals surface area (Å²) in [6.45, 7) is 6.72. The predicted molar refractivity (Wildman–Crippen MR) is 216 cm³/mol. The van der Waals surface area contributed by atoms with Gasteiger partial charge < -0.3 is 21.3 Å². The minimum absolute atomic E-state index is 0.0459. The number of carbonyl (C=O) groups excluding carboxylic acids is 2. The van der Waals surface area contributed by atoms with Crippen LogP contribution in [0.5, 0.6) is 0 Å². The minimum Gasteiger partial charge on any atom is -0.343 e. The van der Waals surface area contributed by atoms with Crippen molar-refractivity contribution < 1.29 is 44.7 Å². The molecule has 0 aliphatic heterocycles. The molecule has 2 amide bonds. The summed E-state index contributed by atoms with van der Waals surface area (Å²) in [7, 11) is 3.23. The smallest absolute Gasteiger partial charge is 0.343 e. The Morgan fingerprint density at radius 3 is 1.81 bits per heavy atom. The Bertz CT molecular complexity index is 2690. The fraction of sp³-hybridized carbons (Fsp3) is 0.286. The van der Waals surface area contributed by atoms with Gasteiger partial charge in [0.2, 0.25) is 11.9 Å². The van der Waals surface area contributed by atoms with Gasteiger partial charge in [0.1, 0.15) is 13.1 Å². The number of benzene rings is 4. The van der Waals surface area contributed by atoms with Gasteiger partial charge in [-0.3, -0.25) is 9.59 Å². The maximum atomic E-state index is 15.3. The van der Waals surface area contributed by atoms with Gasteiger partial charge in [0.15, 0.2) is 23.3 Å². The van der Waals surface area contributed by atoms with Crippen molar-refractivity contribution in [1.82, 2.24) is 40.2 Å². The molecule has 0 atom stereocenters. The zero-order valence-corrected chi connectivity index (χ0v) is 34.3. The number of aromatic nitrogens is 6. The summed E-state index contributed by atoms with van der Waals surface area (Å²) >= 11 is 0. The van der Waals surface area contributed by atoms with Crippen molar-refractivity contribution in [3.05, 3.63) is 116 Å². The Labute approximate surface area is 349 Å². The van der Waals surface area contributed by atoms with Crippen LogP contribution in [0, 0.1) is 46.3 Å². The number of alkyl halides is 6. The lowest BCUT2D eigenvalue weighted by Crippen LogP contribution is -2.34. The first-order valence-corrected chi connectivity index (χ1v) is 18.8. The van der Waals surface area contributed by atoms with Crippen LogP contribution in [0.4, 0.5) is 58.4 Å². The number of amides is 2. The van der Waals surface area contributed by atoms with Crippen LogP contribution in [0.25, 0.3) is 22.8 Å². The number of anilines is 4. The molecule has 0 aliphatic carbocycles. The maximum Gasteiger partial charge on any atom is 0.405 e. The third-order valence-electron chi connectivity index (χ3n) is 10.5. The molecule has 12 nitrogen and oxygen atoms in total. The van der Waals surface area contributed by atoms with Crippen molar-refractivity contribution in [1.29, 1.82) is 0 Å². The number of aryl methyl sites for hydroxylation is 3. The lowest BCUT2D eigenvalue weighted by molar-refractivity contribution is -0.123. The van der Waals surface area contributed by atoms with Gasteiger partial charge >= 0.3 is 12.4 Å². The molecule has 0 aliphatic rings. The largest absolute Gasteiger partial charge is 0.405 e. The van der Waals surface area contributed by atoms with Crippen molar-refractivity contribution in [2.45, 2.75) is 53.4 Å². The number of halogens is 8. The Morgan fingerprint density at radius 2 is 1.19 bits per heavy atom. The van der Waals surface area contributed by atoms with Gasteiger partial charge in [-0.1, -0.05) is 18.2 Å². The summed E-state index contributed by atoms with van der Waals surface area (Å²) in [4.78, 5) is 33.4. The number of nitrogens with one attached hydrogen (secondary N) is 4. The van der Waals surface area contributed by atoms with E-state index in [1.165, 1.54) is 29.2 Å². The van der Waals surface area contributed by atoms with Gasteiger partial charge in [0.25, 0.3) is 11.8 Å². The summed E-state index contributed by atoms with van der Waals surface area (Å²) in [6.07, 6.45) is -8.83. The fourth-order valence-electron chi connectivity index (χ4n) is 6.53. The first-order chi connectivity index (χ1) is 29.0. The Morgan fingerprint density at radius 1 is 0.629 bits per heavy atom. The summed E-state index contributed by atoms with van der Waals surface area (Å²) < 4.78 is 109. The van der Waals surface area contributed by atoms with E-state index in [1.54, 1.807) is 23.9 Å². The predicted octanol–water partition coefficient (Wildman–Crippen LogP) is 8.76. The Balaban J connectivity index is 1.24. The van der Waals surface area contributed by atoms with E-state index >= 15 is 4.39 Å². The van der Waals surface area contributed by atoms with E-state index in [0.29, 0.717) is 29.4 Å². The van der Waals surface area contributed by atoms with Crippen LogP contribution in [0.1, 0.15) is 59.7 Å². The van der Waals surface area contributed by atoms with Crippen LogP contribution in [0.15, 0.2) is 54.6 Å². The highest BCUT2D eigenvalue weighted by molar-refractivity contribution is 5.95. The van der Waals surface area contributed by atoms with Crippen LogP contribution >= 0.6 is 0 Å². The van der Waals surface area contributed by atoms with Crippen molar-refractivity contribution in [3.63, 3.8) is 0 Å². The SMILES string of the molecule is Cc1ccc(Nc2nc(-c3ccc(C(=O)NCC(F)(F)F)cc3)nn2C)c(Cc2cc(Nc3nc(-c4ccc(C(=O)NCC(F)(F)F)c(F)c4F)nn3C)c(C)c(C)c2C)c1C. The molecule has 0 radical (unpaired) electrons. The third kappa shape index (κ3) is 9.84. The second kappa shape index (κ2) is 17.3. The van der Waals surface area contributed by atoms with E-state index in [0.717, 1.165) is 56.8 Å². The Hall–Kier alpha value is -6.86. The number of rotatable bonds is 12. The monoisotopic (exact) mass is 868 g/mol. The van der Waals surface area contributed by atoms with Crippen LogP contribution in [0.2, 0.25) is 0 Å². The quantitative estimate of drug-likeness (QED) is 0.0895. The molecule has 0 fully saturated rings. The first kappa shape index (κ1) is 44.7. The molecule has 4 N–H and O–H groups in total. The normalized spacial score (nSPS) is 11.8. The van der Waals surface area contributed by atoms with Gasteiger partial charge in [0, 0.05) is 43.0 Å². The lowest BCUT2D eigenvalue weighted by atomic mass is 9.90. The van der Waals surface area contributed by atoms with Gasteiger partial charge in [-0.05, 0) is 110 Å². The van der Waals surface area contributed by atoms with Crippen LogP contribution in [-0.4, -0.2) is 66.8 Å². The molecular formula is C42H40F8N10O2. The number of carbonyl (C=O) groups is 2. The molecule has 2 heterocycles. The third-order valence-corrected chi connectivity index (χ3v) is 10.5. The average molecular weight is 869 g/mol. The topological polar surface area (TPSA) is 144 Å². The van der Waals surface area contributed by atoms with E-state index in [2.05, 4.69) is 30.8 Å². The molecular weight excluding hydrogens is 829 g/mol.